The van der Waals surface area contributed by atoms with Crippen LogP contribution in [0.1, 0.15) is 43.0 Å². The number of alkyl halides is 3. The molecule has 5 nitrogen and oxygen atoms in total. The number of carbonyl (C=O) groups is 2. The van der Waals surface area contributed by atoms with E-state index in [0.717, 1.165) is 25.7 Å². The number of hydrogen-bond acceptors (Lipinski definition) is 3. The van der Waals surface area contributed by atoms with Crippen molar-refractivity contribution >= 4 is 29.9 Å². The molecule has 1 aliphatic rings. The van der Waals surface area contributed by atoms with E-state index in [1.807, 2.05) is 6.92 Å². The maximum atomic E-state index is 12.4. The van der Waals surface area contributed by atoms with Gasteiger partial charge < -0.3 is 16.4 Å². The van der Waals surface area contributed by atoms with Crippen LogP contribution in [0.2, 0.25) is 0 Å². The van der Waals surface area contributed by atoms with Gasteiger partial charge in [0.15, 0.2) is 0 Å². The predicted octanol–water partition coefficient (Wildman–Crippen LogP) is 3.25. The number of halogens is 4. The molecule has 9 heteroatoms. The van der Waals surface area contributed by atoms with Crippen LogP contribution in [0, 0.1) is 5.92 Å². The lowest BCUT2D eigenvalue weighted by Crippen LogP contribution is -2.51. The van der Waals surface area contributed by atoms with Crippen molar-refractivity contribution in [2.75, 3.05) is 11.9 Å². The topological polar surface area (TPSA) is 84.2 Å². The quantitative estimate of drug-likeness (QED) is 0.734. The third-order valence-electron chi connectivity index (χ3n) is 4.43. The molecule has 0 saturated heterocycles. The molecule has 0 spiro atoms. The van der Waals surface area contributed by atoms with E-state index in [1.54, 1.807) is 5.32 Å². The summed E-state index contributed by atoms with van der Waals surface area (Å²) in [7, 11) is 0. The van der Waals surface area contributed by atoms with Crippen molar-refractivity contribution in [3.8, 4) is 0 Å². The van der Waals surface area contributed by atoms with Crippen molar-refractivity contribution in [1.29, 1.82) is 0 Å². The van der Waals surface area contributed by atoms with Crippen LogP contribution >= 0.6 is 12.4 Å². The van der Waals surface area contributed by atoms with E-state index in [-0.39, 0.29) is 29.8 Å². The van der Waals surface area contributed by atoms with E-state index in [4.69, 9.17) is 5.73 Å². The summed E-state index contributed by atoms with van der Waals surface area (Å²) in [6.45, 7) is 0.478. The molecule has 0 radical (unpaired) electrons. The molecule has 2 atom stereocenters. The average Bonchev–Trinajstić information content (AvgIpc) is 2.52. The summed E-state index contributed by atoms with van der Waals surface area (Å²) in [6.07, 6.45) is -1.01. The summed E-state index contributed by atoms with van der Waals surface area (Å²) in [6, 6.07) is 5.70. The van der Waals surface area contributed by atoms with E-state index in [9.17, 15) is 22.8 Å². The molecule has 1 fully saturated rings. The third-order valence-corrected chi connectivity index (χ3v) is 4.43. The van der Waals surface area contributed by atoms with Crippen LogP contribution in [-0.4, -0.2) is 30.1 Å². The van der Waals surface area contributed by atoms with Crippen LogP contribution in [-0.2, 0) is 4.79 Å². The van der Waals surface area contributed by atoms with Crippen molar-refractivity contribution < 1.29 is 22.8 Å². The second-order valence-corrected chi connectivity index (χ2v) is 6.67. The number of nitrogens with two attached hydrogens (primary N) is 1. The summed E-state index contributed by atoms with van der Waals surface area (Å²) in [5.74, 6) is -1.30. The SMILES string of the molecule is CC1(N)CCCCC1C(=O)Nc1ccc(C(=O)NCC(F)(F)F)cc1.Cl. The van der Waals surface area contributed by atoms with Gasteiger partial charge in [0, 0.05) is 16.8 Å². The smallest absolute Gasteiger partial charge is 0.343 e. The molecule has 2 unspecified atom stereocenters. The number of anilines is 1. The molecule has 1 aliphatic carbocycles. The predicted molar refractivity (Wildman–Crippen MR) is 95.3 cm³/mol. The van der Waals surface area contributed by atoms with E-state index in [0.29, 0.717) is 5.69 Å². The van der Waals surface area contributed by atoms with Gasteiger partial charge in [0.05, 0.1) is 5.92 Å². The van der Waals surface area contributed by atoms with Gasteiger partial charge in [-0.1, -0.05) is 12.8 Å². The Labute approximate surface area is 156 Å². The summed E-state index contributed by atoms with van der Waals surface area (Å²) < 4.78 is 36.3. The number of carbonyl (C=O) groups excluding carboxylic acids is 2. The minimum atomic E-state index is -4.46. The van der Waals surface area contributed by atoms with Crippen LogP contribution in [0.4, 0.5) is 18.9 Å². The zero-order valence-electron chi connectivity index (χ0n) is 14.4. The van der Waals surface area contributed by atoms with E-state index >= 15 is 0 Å². The third kappa shape index (κ3) is 6.17. The second kappa shape index (κ2) is 8.73. The maximum absolute atomic E-state index is 12.4. The number of benzene rings is 1. The molecule has 0 heterocycles. The molecule has 2 rings (SSSR count). The van der Waals surface area contributed by atoms with Crippen molar-refractivity contribution in [3.63, 3.8) is 0 Å². The van der Waals surface area contributed by atoms with Crippen molar-refractivity contribution in [2.45, 2.75) is 44.3 Å². The van der Waals surface area contributed by atoms with Gasteiger partial charge in [0.2, 0.25) is 5.91 Å². The standard InChI is InChI=1S/C17H22F3N3O2.ClH/c1-16(21)9-3-2-4-13(16)15(25)23-12-7-5-11(6-8-12)14(24)22-10-17(18,19)20;/h5-8,13H,2-4,9-10,21H2,1H3,(H,22,24)(H,23,25);1H. The average molecular weight is 394 g/mol. The Hall–Kier alpha value is -1.80. The first-order valence-electron chi connectivity index (χ1n) is 8.13. The van der Waals surface area contributed by atoms with Gasteiger partial charge in [0.1, 0.15) is 6.54 Å². The number of hydrogen-bond donors (Lipinski definition) is 3. The second-order valence-electron chi connectivity index (χ2n) is 6.67. The van der Waals surface area contributed by atoms with Gasteiger partial charge in [0.25, 0.3) is 5.91 Å². The minimum Gasteiger partial charge on any atom is -0.343 e. The zero-order valence-corrected chi connectivity index (χ0v) is 15.2. The largest absolute Gasteiger partial charge is 0.405 e. The highest BCUT2D eigenvalue weighted by molar-refractivity contribution is 5.96. The summed E-state index contributed by atoms with van der Waals surface area (Å²) in [4.78, 5) is 24.1. The van der Waals surface area contributed by atoms with Crippen molar-refractivity contribution in [2.24, 2.45) is 11.7 Å². The molecule has 2 amide bonds. The van der Waals surface area contributed by atoms with Gasteiger partial charge in [-0.2, -0.15) is 13.2 Å². The molecule has 1 saturated carbocycles. The highest BCUT2D eigenvalue weighted by Crippen LogP contribution is 2.32. The number of rotatable bonds is 4. The molecular weight excluding hydrogens is 371 g/mol. The Morgan fingerprint density at radius 3 is 2.38 bits per heavy atom. The van der Waals surface area contributed by atoms with Crippen LogP contribution in [0.5, 0.6) is 0 Å². The Balaban J connectivity index is 0.00000338. The molecule has 146 valence electrons. The lowest BCUT2D eigenvalue weighted by atomic mass is 9.74. The van der Waals surface area contributed by atoms with Gasteiger partial charge in [-0.25, -0.2) is 0 Å². The van der Waals surface area contributed by atoms with Gasteiger partial charge in [-0.3, -0.25) is 9.59 Å². The molecule has 0 aliphatic heterocycles. The molecule has 0 aromatic heterocycles. The van der Waals surface area contributed by atoms with Crippen LogP contribution in [0.25, 0.3) is 0 Å². The van der Waals surface area contributed by atoms with Crippen molar-refractivity contribution in [3.05, 3.63) is 29.8 Å². The first kappa shape index (κ1) is 22.2. The fourth-order valence-electron chi connectivity index (χ4n) is 3.01. The number of nitrogens with one attached hydrogen (secondary N) is 2. The lowest BCUT2D eigenvalue weighted by Gasteiger charge is -2.37. The Morgan fingerprint density at radius 2 is 1.85 bits per heavy atom. The molecule has 1 aromatic rings. The van der Waals surface area contributed by atoms with Gasteiger partial charge >= 0.3 is 6.18 Å². The van der Waals surface area contributed by atoms with Crippen LogP contribution in [0.3, 0.4) is 0 Å². The molecular formula is C17H23ClF3N3O2. The normalized spacial score (nSPS) is 22.9. The molecule has 0 bridgehead atoms. The van der Waals surface area contributed by atoms with Crippen LogP contribution < -0.4 is 16.4 Å². The molecule has 1 aromatic carbocycles. The van der Waals surface area contributed by atoms with E-state index in [1.165, 1.54) is 24.3 Å². The Bertz CT molecular complexity index is 633. The maximum Gasteiger partial charge on any atom is 0.405 e. The first-order valence-corrected chi connectivity index (χ1v) is 8.13. The van der Waals surface area contributed by atoms with Gasteiger partial charge in [-0.05, 0) is 44.0 Å². The first-order chi connectivity index (χ1) is 11.6. The highest BCUT2D eigenvalue weighted by Gasteiger charge is 2.37. The fraction of sp³-hybridized carbons (Fsp3) is 0.529. The minimum absolute atomic E-state index is 0. The van der Waals surface area contributed by atoms with Crippen LogP contribution in [0.15, 0.2) is 24.3 Å². The van der Waals surface area contributed by atoms with E-state index in [2.05, 4.69) is 5.32 Å². The van der Waals surface area contributed by atoms with E-state index < -0.39 is 24.2 Å². The summed E-state index contributed by atoms with van der Waals surface area (Å²) >= 11 is 0. The monoisotopic (exact) mass is 393 g/mol. The Kier molecular flexibility index (Phi) is 7.46. The molecule has 26 heavy (non-hydrogen) atoms. The van der Waals surface area contributed by atoms with Crippen molar-refractivity contribution in [1.82, 2.24) is 5.32 Å². The highest BCUT2D eigenvalue weighted by atomic mass is 35.5. The molecule has 4 N–H and O–H groups in total. The summed E-state index contributed by atoms with van der Waals surface area (Å²) in [5.41, 5.74) is 6.21. The number of amides is 2. The lowest BCUT2D eigenvalue weighted by molar-refractivity contribution is -0.123. The van der Waals surface area contributed by atoms with Gasteiger partial charge in [-0.15, -0.1) is 12.4 Å². The zero-order chi connectivity index (χ0) is 18.7. The summed E-state index contributed by atoms with van der Waals surface area (Å²) in [5, 5.41) is 4.55. The fourth-order valence-corrected chi connectivity index (χ4v) is 3.01. The Morgan fingerprint density at radius 1 is 1.23 bits per heavy atom.